The molecule has 18 heavy (non-hydrogen) atoms. The number of hydrogen-bond donors (Lipinski definition) is 1. The van der Waals surface area contributed by atoms with Crippen LogP contribution >= 0.6 is 0 Å². The number of carboxylic acids is 1. The fourth-order valence-electron chi connectivity index (χ4n) is 2.13. The highest BCUT2D eigenvalue weighted by molar-refractivity contribution is 5.85. The summed E-state index contributed by atoms with van der Waals surface area (Å²) >= 11 is 0. The van der Waals surface area contributed by atoms with Gasteiger partial charge in [0.1, 0.15) is 5.54 Å². The molecule has 0 radical (unpaired) electrons. The van der Waals surface area contributed by atoms with E-state index in [0.29, 0.717) is 0 Å². The van der Waals surface area contributed by atoms with Crippen molar-refractivity contribution >= 4 is 12.0 Å². The molecule has 1 atom stereocenters. The highest BCUT2D eigenvalue weighted by atomic mass is 16.4. The Morgan fingerprint density at radius 3 is 2.44 bits per heavy atom. The van der Waals surface area contributed by atoms with Crippen LogP contribution < -0.4 is 0 Å². The first-order chi connectivity index (χ1) is 8.28. The number of aliphatic carboxylic acids is 1. The standard InChI is InChI=1S/C13H24N2O3/c1-10-8-6-5-7-9-15(10)12(18)14(4)13(2,3)11(16)17/h10H,5-9H2,1-4H3,(H,16,17). The normalized spacial score (nSPS) is 21.3. The number of urea groups is 1. The Balaban J connectivity index is 2.82. The molecule has 104 valence electrons. The number of amides is 2. The van der Waals surface area contributed by atoms with Crippen molar-refractivity contribution in [1.29, 1.82) is 0 Å². The SMILES string of the molecule is CC1CCCCCN1C(=O)N(C)C(C)(C)C(=O)O. The maximum absolute atomic E-state index is 12.4. The molecule has 1 aliphatic heterocycles. The van der Waals surface area contributed by atoms with Crippen molar-refractivity contribution in [3.05, 3.63) is 0 Å². The van der Waals surface area contributed by atoms with E-state index < -0.39 is 11.5 Å². The fraction of sp³-hybridized carbons (Fsp3) is 0.846. The van der Waals surface area contributed by atoms with Crippen LogP contribution in [-0.4, -0.2) is 52.1 Å². The summed E-state index contributed by atoms with van der Waals surface area (Å²) in [6.45, 7) is 5.86. The lowest BCUT2D eigenvalue weighted by atomic mass is 10.0. The summed E-state index contributed by atoms with van der Waals surface area (Å²) in [6.07, 6.45) is 4.27. The second-order valence-electron chi connectivity index (χ2n) is 5.60. The first kappa shape index (κ1) is 14.8. The minimum Gasteiger partial charge on any atom is -0.480 e. The van der Waals surface area contributed by atoms with E-state index in [1.54, 1.807) is 25.8 Å². The average Bonchev–Trinajstić information content (AvgIpc) is 2.51. The van der Waals surface area contributed by atoms with Gasteiger partial charge >= 0.3 is 12.0 Å². The molecule has 0 aliphatic carbocycles. The number of carbonyl (C=O) groups excluding carboxylic acids is 1. The molecule has 1 saturated heterocycles. The van der Waals surface area contributed by atoms with E-state index in [-0.39, 0.29) is 12.1 Å². The summed E-state index contributed by atoms with van der Waals surface area (Å²) in [6, 6.07) is 0.00356. The van der Waals surface area contributed by atoms with Gasteiger partial charge in [-0.05, 0) is 33.6 Å². The van der Waals surface area contributed by atoms with Crippen LogP contribution in [0.15, 0.2) is 0 Å². The van der Waals surface area contributed by atoms with Crippen molar-refractivity contribution < 1.29 is 14.7 Å². The van der Waals surface area contributed by atoms with Crippen LogP contribution in [0.3, 0.4) is 0 Å². The smallest absolute Gasteiger partial charge is 0.329 e. The zero-order valence-electron chi connectivity index (χ0n) is 11.8. The van der Waals surface area contributed by atoms with Gasteiger partial charge in [0.15, 0.2) is 0 Å². The van der Waals surface area contributed by atoms with E-state index in [9.17, 15) is 9.59 Å². The van der Waals surface area contributed by atoms with Gasteiger partial charge in [-0.2, -0.15) is 0 Å². The van der Waals surface area contributed by atoms with Crippen molar-refractivity contribution in [2.45, 2.75) is 58.0 Å². The number of hydrogen-bond acceptors (Lipinski definition) is 2. The van der Waals surface area contributed by atoms with Crippen LogP contribution in [-0.2, 0) is 4.79 Å². The molecule has 5 nitrogen and oxygen atoms in total. The topological polar surface area (TPSA) is 60.9 Å². The van der Waals surface area contributed by atoms with Gasteiger partial charge in [-0.25, -0.2) is 9.59 Å². The van der Waals surface area contributed by atoms with Gasteiger partial charge in [0.2, 0.25) is 0 Å². The maximum Gasteiger partial charge on any atom is 0.329 e. The van der Waals surface area contributed by atoms with E-state index in [2.05, 4.69) is 0 Å². The van der Waals surface area contributed by atoms with Gasteiger partial charge in [0.25, 0.3) is 0 Å². The third kappa shape index (κ3) is 2.94. The van der Waals surface area contributed by atoms with Gasteiger partial charge in [-0.1, -0.05) is 12.8 Å². The van der Waals surface area contributed by atoms with Gasteiger partial charge in [0.05, 0.1) is 0 Å². The molecule has 1 unspecified atom stereocenters. The Labute approximate surface area is 109 Å². The Morgan fingerprint density at radius 1 is 1.28 bits per heavy atom. The van der Waals surface area contributed by atoms with Crippen LogP contribution in [0.2, 0.25) is 0 Å². The summed E-state index contributed by atoms with van der Waals surface area (Å²) < 4.78 is 0. The number of nitrogens with zero attached hydrogens (tertiary/aromatic N) is 2. The Bertz CT molecular complexity index is 328. The lowest BCUT2D eigenvalue weighted by molar-refractivity contribution is -0.147. The van der Waals surface area contributed by atoms with Crippen molar-refractivity contribution in [1.82, 2.24) is 9.80 Å². The molecule has 1 fully saturated rings. The van der Waals surface area contributed by atoms with Gasteiger partial charge in [-0.15, -0.1) is 0 Å². The molecule has 5 heteroatoms. The quantitative estimate of drug-likeness (QED) is 0.823. The summed E-state index contributed by atoms with van der Waals surface area (Å²) in [5.41, 5.74) is -1.18. The first-order valence-corrected chi connectivity index (χ1v) is 6.56. The molecule has 0 saturated carbocycles. The van der Waals surface area contributed by atoms with E-state index in [0.717, 1.165) is 32.2 Å². The average molecular weight is 256 g/mol. The molecule has 0 aromatic rings. The molecule has 0 aromatic heterocycles. The van der Waals surface area contributed by atoms with Gasteiger partial charge < -0.3 is 14.9 Å². The third-order valence-corrected chi connectivity index (χ3v) is 3.95. The summed E-state index contributed by atoms with van der Waals surface area (Å²) in [5, 5.41) is 9.17. The predicted molar refractivity (Wildman–Crippen MR) is 69.5 cm³/mol. The van der Waals surface area contributed by atoms with E-state index in [1.165, 1.54) is 4.90 Å². The zero-order chi connectivity index (χ0) is 13.9. The zero-order valence-corrected chi connectivity index (χ0v) is 11.8. The second kappa shape index (κ2) is 5.59. The molecular weight excluding hydrogens is 232 g/mol. The molecule has 2 amide bonds. The highest BCUT2D eigenvalue weighted by Crippen LogP contribution is 2.21. The monoisotopic (exact) mass is 256 g/mol. The highest BCUT2D eigenvalue weighted by Gasteiger charge is 2.38. The maximum atomic E-state index is 12.4. The first-order valence-electron chi connectivity index (χ1n) is 6.56. The lowest BCUT2D eigenvalue weighted by Crippen LogP contribution is -2.56. The van der Waals surface area contributed by atoms with Crippen LogP contribution in [0.25, 0.3) is 0 Å². The Morgan fingerprint density at radius 2 is 1.89 bits per heavy atom. The van der Waals surface area contributed by atoms with Crippen molar-refractivity contribution in [3.63, 3.8) is 0 Å². The lowest BCUT2D eigenvalue weighted by Gasteiger charge is -2.37. The minimum atomic E-state index is -1.18. The molecule has 0 bridgehead atoms. The fourth-order valence-corrected chi connectivity index (χ4v) is 2.13. The second-order valence-corrected chi connectivity index (χ2v) is 5.60. The Kier molecular flexibility index (Phi) is 4.59. The van der Waals surface area contributed by atoms with Crippen molar-refractivity contribution in [3.8, 4) is 0 Å². The molecular formula is C13H24N2O3. The van der Waals surface area contributed by atoms with Gasteiger partial charge in [-0.3, -0.25) is 0 Å². The Hall–Kier alpha value is -1.26. The number of rotatable bonds is 2. The molecule has 0 aromatic carbocycles. The molecule has 1 rings (SSSR count). The van der Waals surface area contributed by atoms with E-state index >= 15 is 0 Å². The molecule has 1 aliphatic rings. The largest absolute Gasteiger partial charge is 0.480 e. The molecule has 1 heterocycles. The van der Waals surface area contributed by atoms with Crippen LogP contribution in [0.4, 0.5) is 4.79 Å². The molecule has 1 N–H and O–H groups in total. The van der Waals surface area contributed by atoms with Crippen LogP contribution in [0.1, 0.15) is 46.5 Å². The van der Waals surface area contributed by atoms with Crippen LogP contribution in [0.5, 0.6) is 0 Å². The summed E-state index contributed by atoms with van der Waals surface area (Å²) in [4.78, 5) is 26.7. The minimum absolute atomic E-state index is 0.184. The number of carboxylic acid groups (broad SMARTS) is 1. The summed E-state index contributed by atoms with van der Waals surface area (Å²) in [7, 11) is 1.56. The van der Waals surface area contributed by atoms with Crippen molar-refractivity contribution in [2.75, 3.05) is 13.6 Å². The van der Waals surface area contributed by atoms with E-state index in [1.807, 2.05) is 6.92 Å². The van der Waals surface area contributed by atoms with E-state index in [4.69, 9.17) is 5.11 Å². The van der Waals surface area contributed by atoms with Crippen LogP contribution in [0, 0.1) is 0 Å². The molecule has 0 spiro atoms. The number of likely N-dealkylation sites (N-methyl/N-ethyl adjacent to an activating group) is 1. The summed E-state index contributed by atoms with van der Waals surface area (Å²) in [5.74, 6) is -0.985. The van der Waals surface area contributed by atoms with Crippen molar-refractivity contribution in [2.24, 2.45) is 0 Å². The number of carbonyl (C=O) groups is 2. The third-order valence-electron chi connectivity index (χ3n) is 3.95. The predicted octanol–water partition coefficient (Wildman–Crippen LogP) is 2.17. The van der Waals surface area contributed by atoms with Gasteiger partial charge in [0, 0.05) is 19.6 Å². The number of likely N-dealkylation sites (tertiary alicyclic amines) is 1.